The number of ether oxygens (including phenoxy) is 1. The highest BCUT2D eigenvalue weighted by molar-refractivity contribution is 5.97. The van der Waals surface area contributed by atoms with Gasteiger partial charge < -0.3 is 4.74 Å². The molecule has 126 valence electrons. The van der Waals surface area contributed by atoms with Gasteiger partial charge in [0.2, 0.25) is 5.90 Å². The lowest BCUT2D eigenvalue weighted by molar-refractivity contribution is 0.279. The number of aryl methyl sites for hydroxylation is 4. The molecule has 0 saturated carbocycles. The Balaban J connectivity index is 1.83. The molecule has 2 aromatic rings. The Morgan fingerprint density at radius 1 is 1.04 bits per heavy atom. The molecule has 0 amide bonds. The molecule has 3 rings (SSSR count). The fraction of sp³-hybridized carbons (Fsp3) is 0.409. The normalized spacial score (nSPS) is 15.9. The van der Waals surface area contributed by atoms with Gasteiger partial charge in [-0.3, -0.25) is 0 Å². The van der Waals surface area contributed by atoms with E-state index in [1.165, 1.54) is 22.3 Å². The van der Waals surface area contributed by atoms with Crippen LogP contribution in [0.1, 0.15) is 48.6 Å². The maximum absolute atomic E-state index is 5.87. The molecular formula is C22H27NO. The summed E-state index contributed by atoms with van der Waals surface area (Å²) < 4.78 is 5.87. The Labute approximate surface area is 145 Å². The van der Waals surface area contributed by atoms with E-state index in [2.05, 4.69) is 70.2 Å². The van der Waals surface area contributed by atoms with E-state index < -0.39 is 0 Å². The third kappa shape index (κ3) is 3.87. The van der Waals surface area contributed by atoms with Crippen molar-refractivity contribution in [1.29, 1.82) is 0 Å². The summed E-state index contributed by atoms with van der Waals surface area (Å²) in [5.74, 6) is 0.803. The molecule has 2 nitrogen and oxygen atoms in total. The standard InChI is InChI=1S/C22H27NO/c1-5-17-7-6-8-18(14-17)10-11-19-13-16(2)9-12-20(19)21-23-22(3,4)15-24-21/h6-9,12-14H,5,10-11,15H2,1-4H3. The highest BCUT2D eigenvalue weighted by Crippen LogP contribution is 2.24. The maximum atomic E-state index is 5.87. The number of benzene rings is 2. The summed E-state index contributed by atoms with van der Waals surface area (Å²) in [6.45, 7) is 9.24. The average Bonchev–Trinajstić information content (AvgIpc) is 2.93. The molecule has 2 heteroatoms. The first-order valence-electron chi connectivity index (χ1n) is 8.87. The molecule has 0 saturated heterocycles. The second-order valence-electron chi connectivity index (χ2n) is 7.35. The number of rotatable bonds is 5. The van der Waals surface area contributed by atoms with E-state index in [0.717, 1.165) is 30.7 Å². The Hall–Kier alpha value is -2.09. The van der Waals surface area contributed by atoms with Crippen molar-refractivity contribution in [3.05, 3.63) is 70.3 Å². The van der Waals surface area contributed by atoms with E-state index >= 15 is 0 Å². The quantitative estimate of drug-likeness (QED) is 0.767. The molecule has 0 aliphatic carbocycles. The molecule has 0 aromatic heterocycles. The van der Waals surface area contributed by atoms with Crippen molar-refractivity contribution in [2.75, 3.05) is 6.61 Å². The summed E-state index contributed by atoms with van der Waals surface area (Å²) in [6, 6.07) is 15.5. The molecule has 1 aliphatic rings. The number of aliphatic imine (C=N–C) groups is 1. The first kappa shape index (κ1) is 16.8. The number of nitrogens with zero attached hydrogens (tertiary/aromatic N) is 1. The van der Waals surface area contributed by atoms with Crippen LogP contribution in [0.25, 0.3) is 0 Å². The van der Waals surface area contributed by atoms with Crippen LogP contribution in [0, 0.1) is 6.92 Å². The van der Waals surface area contributed by atoms with Crippen LogP contribution in [0.2, 0.25) is 0 Å². The molecule has 0 unspecified atom stereocenters. The van der Waals surface area contributed by atoms with Gasteiger partial charge in [-0.15, -0.1) is 0 Å². The zero-order valence-electron chi connectivity index (χ0n) is 15.2. The average molecular weight is 321 g/mol. The van der Waals surface area contributed by atoms with E-state index in [-0.39, 0.29) is 5.54 Å². The lowest BCUT2D eigenvalue weighted by atomic mass is 9.97. The van der Waals surface area contributed by atoms with Crippen molar-refractivity contribution >= 4 is 5.90 Å². The Morgan fingerprint density at radius 3 is 2.54 bits per heavy atom. The van der Waals surface area contributed by atoms with Gasteiger partial charge in [0.1, 0.15) is 6.61 Å². The summed E-state index contributed by atoms with van der Waals surface area (Å²) in [6.07, 6.45) is 3.14. The predicted molar refractivity (Wildman–Crippen MR) is 101 cm³/mol. The van der Waals surface area contributed by atoms with E-state index in [4.69, 9.17) is 9.73 Å². The van der Waals surface area contributed by atoms with E-state index in [9.17, 15) is 0 Å². The largest absolute Gasteiger partial charge is 0.475 e. The van der Waals surface area contributed by atoms with E-state index in [1.54, 1.807) is 0 Å². The van der Waals surface area contributed by atoms with Gasteiger partial charge in [-0.05, 0) is 62.8 Å². The van der Waals surface area contributed by atoms with Crippen LogP contribution in [0.4, 0.5) is 0 Å². The highest BCUT2D eigenvalue weighted by Gasteiger charge is 2.28. The molecule has 0 spiro atoms. The molecular weight excluding hydrogens is 294 g/mol. The molecule has 0 N–H and O–H groups in total. The number of hydrogen-bond donors (Lipinski definition) is 0. The summed E-state index contributed by atoms with van der Waals surface area (Å²) in [7, 11) is 0. The molecule has 0 bridgehead atoms. The van der Waals surface area contributed by atoms with Gasteiger partial charge in [0.05, 0.1) is 5.54 Å². The van der Waals surface area contributed by atoms with Crippen LogP contribution in [0.3, 0.4) is 0 Å². The second kappa shape index (κ2) is 6.80. The van der Waals surface area contributed by atoms with Crippen molar-refractivity contribution in [2.45, 2.75) is 52.5 Å². The summed E-state index contributed by atoms with van der Waals surface area (Å²) >= 11 is 0. The van der Waals surface area contributed by atoms with Crippen LogP contribution >= 0.6 is 0 Å². The maximum Gasteiger partial charge on any atom is 0.217 e. The van der Waals surface area contributed by atoms with Crippen LogP contribution in [-0.4, -0.2) is 18.0 Å². The Bertz CT molecular complexity index is 758. The van der Waals surface area contributed by atoms with E-state index in [0.29, 0.717) is 6.61 Å². The lowest BCUT2D eigenvalue weighted by Gasteiger charge is -2.11. The minimum Gasteiger partial charge on any atom is -0.475 e. The first-order chi connectivity index (χ1) is 11.5. The van der Waals surface area contributed by atoms with Gasteiger partial charge in [-0.25, -0.2) is 4.99 Å². The van der Waals surface area contributed by atoms with Crippen molar-refractivity contribution in [2.24, 2.45) is 4.99 Å². The second-order valence-corrected chi connectivity index (χ2v) is 7.35. The van der Waals surface area contributed by atoms with Crippen LogP contribution < -0.4 is 0 Å². The van der Waals surface area contributed by atoms with Gasteiger partial charge in [-0.1, -0.05) is 48.9 Å². The van der Waals surface area contributed by atoms with Gasteiger partial charge in [0.15, 0.2) is 0 Å². The van der Waals surface area contributed by atoms with Gasteiger partial charge in [0.25, 0.3) is 0 Å². The Morgan fingerprint density at radius 2 is 1.83 bits per heavy atom. The van der Waals surface area contributed by atoms with Crippen LogP contribution in [-0.2, 0) is 24.0 Å². The summed E-state index contributed by atoms with van der Waals surface area (Å²) in [5, 5.41) is 0. The van der Waals surface area contributed by atoms with Crippen LogP contribution in [0.5, 0.6) is 0 Å². The van der Waals surface area contributed by atoms with Crippen LogP contribution in [0.15, 0.2) is 47.5 Å². The molecule has 24 heavy (non-hydrogen) atoms. The predicted octanol–water partition coefficient (Wildman–Crippen LogP) is 4.90. The molecule has 0 atom stereocenters. The van der Waals surface area contributed by atoms with E-state index in [1.807, 2.05) is 0 Å². The molecule has 1 heterocycles. The third-order valence-electron chi connectivity index (χ3n) is 4.54. The van der Waals surface area contributed by atoms with Crippen molar-refractivity contribution in [3.8, 4) is 0 Å². The summed E-state index contributed by atoms with van der Waals surface area (Å²) in [5.41, 5.74) is 6.45. The molecule has 2 aromatic carbocycles. The van der Waals surface area contributed by atoms with Crippen molar-refractivity contribution in [3.63, 3.8) is 0 Å². The van der Waals surface area contributed by atoms with Gasteiger partial charge in [-0.2, -0.15) is 0 Å². The minimum atomic E-state index is -0.118. The summed E-state index contributed by atoms with van der Waals surface area (Å²) in [4.78, 5) is 4.76. The molecule has 0 fully saturated rings. The zero-order chi connectivity index (χ0) is 17.2. The fourth-order valence-electron chi connectivity index (χ4n) is 3.14. The zero-order valence-corrected chi connectivity index (χ0v) is 15.2. The smallest absolute Gasteiger partial charge is 0.217 e. The topological polar surface area (TPSA) is 21.6 Å². The SMILES string of the molecule is CCc1cccc(CCc2cc(C)ccc2C2=NC(C)(C)CO2)c1. The molecule has 0 radical (unpaired) electrons. The first-order valence-corrected chi connectivity index (χ1v) is 8.87. The Kier molecular flexibility index (Phi) is 4.75. The molecule has 1 aliphatic heterocycles. The van der Waals surface area contributed by atoms with Gasteiger partial charge in [0, 0.05) is 5.56 Å². The lowest BCUT2D eigenvalue weighted by Crippen LogP contribution is -2.17. The van der Waals surface area contributed by atoms with Crippen molar-refractivity contribution < 1.29 is 4.74 Å². The highest BCUT2D eigenvalue weighted by atomic mass is 16.5. The van der Waals surface area contributed by atoms with Crippen molar-refractivity contribution in [1.82, 2.24) is 0 Å². The monoisotopic (exact) mass is 321 g/mol. The fourth-order valence-corrected chi connectivity index (χ4v) is 3.14. The minimum absolute atomic E-state index is 0.118. The van der Waals surface area contributed by atoms with Gasteiger partial charge >= 0.3 is 0 Å². The number of hydrogen-bond acceptors (Lipinski definition) is 2. The third-order valence-corrected chi connectivity index (χ3v) is 4.54.